The summed E-state index contributed by atoms with van der Waals surface area (Å²) in [7, 11) is -14.1. The van der Waals surface area contributed by atoms with Crippen molar-refractivity contribution in [2.45, 2.75) is 52.7 Å². The third-order valence-corrected chi connectivity index (χ3v) is 5.47. The number of rotatable bonds is 12. The van der Waals surface area contributed by atoms with Crippen LogP contribution < -0.4 is 14.7 Å². The monoisotopic (exact) mass is 455 g/mol. The average Bonchev–Trinajstić information content (AvgIpc) is 2.34. The number of phosphoric ester groups is 3. The van der Waals surface area contributed by atoms with Gasteiger partial charge in [-0.25, -0.2) is 0 Å². The van der Waals surface area contributed by atoms with Gasteiger partial charge < -0.3 is 41.8 Å². The zero-order valence-corrected chi connectivity index (χ0v) is 18.8. The molecule has 164 valence electrons. The minimum Gasteiger partial charge on any atom is -0.756 e. The molecule has 0 radical (unpaired) electrons. The minimum atomic E-state index is -4.81. The lowest BCUT2D eigenvalue weighted by Gasteiger charge is -2.31. The van der Waals surface area contributed by atoms with Crippen molar-refractivity contribution in [2.75, 3.05) is 26.4 Å². The summed E-state index contributed by atoms with van der Waals surface area (Å²) in [5, 5.41) is 0. The second kappa shape index (κ2) is 10.4. The van der Waals surface area contributed by atoms with Crippen molar-refractivity contribution in [1.82, 2.24) is 0 Å². The van der Waals surface area contributed by atoms with Crippen molar-refractivity contribution in [2.24, 2.45) is 0 Å². The van der Waals surface area contributed by atoms with Gasteiger partial charge in [-0.3, -0.25) is 13.7 Å². The summed E-state index contributed by atoms with van der Waals surface area (Å²) in [6.45, 7) is 6.39. The van der Waals surface area contributed by atoms with Gasteiger partial charge in [-0.1, -0.05) is 0 Å². The molecule has 2 unspecified atom stereocenters. The Morgan fingerprint density at radius 3 is 1.00 bits per heavy atom. The fourth-order valence-corrected chi connectivity index (χ4v) is 4.07. The van der Waals surface area contributed by atoms with E-state index in [0.717, 1.165) is 0 Å². The van der Waals surface area contributed by atoms with E-state index in [1.807, 2.05) is 0 Å². The van der Waals surface area contributed by atoms with Crippen LogP contribution >= 0.6 is 23.5 Å². The van der Waals surface area contributed by atoms with E-state index in [4.69, 9.17) is 0 Å². The van der Waals surface area contributed by atoms with Gasteiger partial charge in [-0.05, 0) is 41.5 Å². The number of phosphoric acid groups is 3. The highest BCUT2D eigenvalue weighted by Crippen LogP contribution is 2.45. The molecule has 0 aliphatic carbocycles. The van der Waals surface area contributed by atoms with E-state index >= 15 is 0 Å². The Morgan fingerprint density at radius 2 is 0.778 bits per heavy atom. The van der Waals surface area contributed by atoms with E-state index in [0.29, 0.717) is 0 Å². The number of hydrogen-bond donors (Lipinski definition) is 0. The lowest BCUT2D eigenvalue weighted by Crippen LogP contribution is -2.24. The van der Waals surface area contributed by atoms with Crippen LogP contribution in [0.2, 0.25) is 0 Å². The van der Waals surface area contributed by atoms with Crippen LogP contribution in [0.15, 0.2) is 0 Å². The van der Waals surface area contributed by atoms with Gasteiger partial charge in [0.25, 0.3) is 23.5 Å². The molecular weight excluding hydrogens is 429 g/mol. The Kier molecular flexibility index (Phi) is 10.5. The topological polar surface area (TPSA) is 176 Å². The quantitative estimate of drug-likeness (QED) is 0.303. The smallest absolute Gasteiger partial charge is 0.268 e. The van der Waals surface area contributed by atoms with Gasteiger partial charge in [-0.2, -0.15) is 0 Å². The second-order valence-corrected chi connectivity index (χ2v) is 11.2. The third kappa shape index (κ3) is 16.9. The van der Waals surface area contributed by atoms with Crippen LogP contribution in [0, 0.1) is 0 Å². The third-order valence-electron chi connectivity index (χ3n) is 1.94. The lowest BCUT2D eigenvalue weighted by molar-refractivity contribution is -0.240. The van der Waals surface area contributed by atoms with Crippen molar-refractivity contribution in [1.29, 1.82) is 0 Å². The molecule has 0 aliphatic rings. The van der Waals surface area contributed by atoms with Crippen LogP contribution in [0.1, 0.15) is 41.5 Å². The first kappa shape index (κ1) is 27.3. The van der Waals surface area contributed by atoms with Crippen molar-refractivity contribution < 1.29 is 55.5 Å². The second-order valence-electron chi connectivity index (χ2n) is 7.08. The van der Waals surface area contributed by atoms with Gasteiger partial charge in [0.1, 0.15) is 0 Å². The van der Waals surface area contributed by atoms with Gasteiger partial charge in [0.2, 0.25) is 0 Å². The predicted octanol–water partition coefficient (Wildman–Crippen LogP) is 1.09. The summed E-state index contributed by atoms with van der Waals surface area (Å²) < 4.78 is 61.3. The zero-order valence-electron chi connectivity index (χ0n) is 16.1. The van der Waals surface area contributed by atoms with Crippen LogP contribution in [-0.2, 0) is 40.8 Å². The van der Waals surface area contributed by atoms with Gasteiger partial charge in [0.15, 0.2) is 0 Å². The van der Waals surface area contributed by atoms with Gasteiger partial charge in [0, 0.05) is 0 Å². The van der Waals surface area contributed by atoms with Crippen molar-refractivity contribution in [3.63, 3.8) is 0 Å². The summed E-state index contributed by atoms with van der Waals surface area (Å²) in [6, 6.07) is 0. The van der Waals surface area contributed by atoms with Gasteiger partial charge >= 0.3 is 0 Å². The van der Waals surface area contributed by atoms with Crippen LogP contribution in [0.25, 0.3) is 0 Å². The molecule has 0 aromatic rings. The molecule has 2 atom stereocenters. The molecule has 15 heteroatoms. The Morgan fingerprint density at radius 1 is 0.556 bits per heavy atom. The lowest BCUT2D eigenvalue weighted by atomic mass is 10.2. The molecule has 0 spiro atoms. The summed E-state index contributed by atoms with van der Waals surface area (Å²) in [4.78, 5) is 34.3. The molecule has 0 aromatic heterocycles. The highest BCUT2D eigenvalue weighted by atomic mass is 31.2. The van der Waals surface area contributed by atoms with Crippen LogP contribution in [0.3, 0.4) is 0 Å². The van der Waals surface area contributed by atoms with E-state index < -0.39 is 61.1 Å². The molecule has 0 saturated heterocycles. The molecule has 0 aliphatic heterocycles. The van der Waals surface area contributed by atoms with Crippen molar-refractivity contribution in [3.8, 4) is 0 Å². The van der Waals surface area contributed by atoms with E-state index in [9.17, 15) is 28.4 Å². The van der Waals surface area contributed by atoms with Crippen molar-refractivity contribution >= 4 is 23.5 Å². The molecule has 12 nitrogen and oxygen atoms in total. The largest absolute Gasteiger partial charge is 0.756 e. The SMILES string of the molecule is CC(C)(C)OP(=O)([O-])OCCOP(=O)([O-])OCCOP(=O)([O-])OC(C)(C)C. The van der Waals surface area contributed by atoms with Crippen molar-refractivity contribution in [3.05, 3.63) is 0 Å². The van der Waals surface area contributed by atoms with E-state index in [1.165, 1.54) is 41.5 Å². The standard InChI is InChI=1S/C12H29O12P3/c1-11(2,3)23-26(15,16)21-9-7-19-25(13,14)20-8-10-22-27(17,18)24-12(4,5)6/h7-10H2,1-6H3,(H,13,14)(H,15,16)(H,17,18)/p-3. The maximum atomic E-state index is 11.5. The molecule has 27 heavy (non-hydrogen) atoms. The normalized spacial score (nSPS) is 19.9. The van der Waals surface area contributed by atoms with Gasteiger partial charge in [-0.15, -0.1) is 0 Å². The summed E-state index contributed by atoms with van der Waals surface area (Å²) in [5.74, 6) is 0. The molecule has 0 aromatic carbocycles. The van der Waals surface area contributed by atoms with E-state index in [1.54, 1.807) is 0 Å². The Bertz CT molecular complexity index is 545. The molecule has 0 N–H and O–H groups in total. The van der Waals surface area contributed by atoms with Crippen LogP contribution in [-0.4, -0.2) is 37.6 Å². The summed E-state index contributed by atoms with van der Waals surface area (Å²) in [6.07, 6.45) is 0. The highest BCUT2D eigenvalue weighted by molar-refractivity contribution is 7.46. The first-order chi connectivity index (χ1) is 11.8. The fraction of sp³-hybridized carbons (Fsp3) is 1.00. The molecule has 0 bridgehead atoms. The fourth-order valence-electron chi connectivity index (χ4n) is 1.36. The molecule has 0 amide bonds. The van der Waals surface area contributed by atoms with Gasteiger partial charge in [0.05, 0.1) is 37.6 Å². The number of hydrogen-bond acceptors (Lipinski definition) is 12. The first-order valence-electron chi connectivity index (χ1n) is 7.75. The predicted molar refractivity (Wildman–Crippen MR) is 88.3 cm³/mol. The molecular formula is C12H26O12P3-3. The average molecular weight is 455 g/mol. The Hall–Kier alpha value is 0.330. The molecule has 0 rings (SSSR count). The van der Waals surface area contributed by atoms with Crippen LogP contribution in [0.4, 0.5) is 0 Å². The van der Waals surface area contributed by atoms with E-state index in [2.05, 4.69) is 27.1 Å². The summed E-state index contributed by atoms with van der Waals surface area (Å²) in [5.41, 5.74) is -2.01. The maximum Gasteiger partial charge on any atom is 0.268 e. The zero-order chi connectivity index (χ0) is 21.6. The Balaban J connectivity index is 4.14. The maximum absolute atomic E-state index is 11.5. The molecule has 0 heterocycles. The van der Waals surface area contributed by atoms with Crippen LogP contribution in [0.5, 0.6) is 0 Å². The first-order valence-corrected chi connectivity index (χ1v) is 12.1. The van der Waals surface area contributed by atoms with E-state index in [-0.39, 0.29) is 0 Å². The summed E-state index contributed by atoms with van der Waals surface area (Å²) >= 11 is 0. The Labute approximate surface area is 158 Å². The minimum absolute atomic E-state index is 0.627. The highest BCUT2D eigenvalue weighted by Gasteiger charge is 2.22. The molecule has 0 saturated carbocycles. The molecule has 0 fully saturated rings.